The number of anilines is 2. The maximum Gasteiger partial charge on any atom is 0.260 e. The zero-order chi connectivity index (χ0) is 22.5. The second kappa shape index (κ2) is 10.3. The number of carbonyl (C=O) groups is 1. The lowest BCUT2D eigenvalue weighted by molar-refractivity contribution is -0.135. The Labute approximate surface area is 199 Å². The van der Waals surface area contributed by atoms with Crippen molar-refractivity contribution < 1.29 is 9.53 Å². The third-order valence-electron chi connectivity index (χ3n) is 6.07. The molecule has 1 aromatic heterocycles. The minimum atomic E-state index is 0.0589. The number of hydrogen-bond acceptors (Lipinski definition) is 6. The summed E-state index contributed by atoms with van der Waals surface area (Å²) < 4.78 is 5.62. The summed E-state index contributed by atoms with van der Waals surface area (Å²) in [4.78, 5) is 26.4. The van der Waals surface area contributed by atoms with Crippen molar-refractivity contribution in [2.24, 2.45) is 0 Å². The van der Waals surface area contributed by atoms with Crippen molar-refractivity contribution in [3.8, 4) is 5.75 Å². The Morgan fingerprint density at radius 1 is 0.879 bits per heavy atom. The number of fused-ring (bicyclic) bond motifs is 2. The van der Waals surface area contributed by atoms with Crippen molar-refractivity contribution >= 4 is 29.2 Å². The van der Waals surface area contributed by atoms with E-state index >= 15 is 0 Å². The van der Waals surface area contributed by atoms with Crippen LogP contribution in [0.15, 0.2) is 82.7 Å². The lowest BCUT2D eigenvalue weighted by Gasteiger charge is -2.36. The van der Waals surface area contributed by atoms with Gasteiger partial charge < -0.3 is 14.5 Å². The molecular weight excluding hydrogens is 432 g/mol. The molecule has 1 saturated heterocycles. The summed E-state index contributed by atoms with van der Waals surface area (Å²) in [6.45, 7) is 5.34. The lowest BCUT2D eigenvalue weighted by Crippen LogP contribution is -2.50. The molecule has 0 saturated carbocycles. The number of pyridine rings is 1. The zero-order valence-electron chi connectivity index (χ0n) is 18.6. The van der Waals surface area contributed by atoms with Gasteiger partial charge in [0.15, 0.2) is 6.61 Å². The van der Waals surface area contributed by atoms with E-state index in [0.29, 0.717) is 0 Å². The standard InChI is InChI=1S/C26H28N4O2S/c31-25(20-32-21-8-2-1-3-9-21)29-18-16-28(17-19-29)14-7-15-30-22-10-4-5-11-23(22)33-24-12-6-13-27-26(24)30/h1-6,8-13H,7,14-20H2. The summed E-state index contributed by atoms with van der Waals surface area (Å²) in [6.07, 6.45) is 2.91. The molecule has 0 spiro atoms. The van der Waals surface area contributed by atoms with Crippen LogP contribution in [0.25, 0.3) is 0 Å². The van der Waals surface area contributed by atoms with Crippen molar-refractivity contribution in [1.29, 1.82) is 0 Å². The van der Waals surface area contributed by atoms with E-state index in [1.165, 1.54) is 15.5 Å². The molecule has 3 heterocycles. The van der Waals surface area contributed by atoms with Crippen molar-refractivity contribution in [3.63, 3.8) is 0 Å². The summed E-state index contributed by atoms with van der Waals surface area (Å²) in [5, 5.41) is 0. The number of rotatable bonds is 7. The fourth-order valence-corrected chi connectivity index (χ4v) is 5.38. The molecule has 1 fully saturated rings. The van der Waals surface area contributed by atoms with Crippen LogP contribution in [0, 0.1) is 0 Å². The van der Waals surface area contributed by atoms with Crippen LogP contribution in [0.3, 0.4) is 0 Å². The van der Waals surface area contributed by atoms with E-state index < -0.39 is 0 Å². The van der Waals surface area contributed by atoms with Gasteiger partial charge >= 0.3 is 0 Å². The van der Waals surface area contributed by atoms with Crippen LogP contribution in [-0.2, 0) is 4.79 Å². The number of nitrogens with zero attached hydrogens (tertiary/aromatic N) is 4. The molecule has 0 N–H and O–H groups in total. The molecule has 2 aliphatic rings. The summed E-state index contributed by atoms with van der Waals surface area (Å²) in [5.74, 6) is 1.84. The second-order valence-electron chi connectivity index (χ2n) is 8.22. The van der Waals surface area contributed by atoms with Crippen LogP contribution in [0.4, 0.5) is 11.5 Å². The first-order chi connectivity index (χ1) is 16.3. The van der Waals surface area contributed by atoms with Gasteiger partial charge in [-0.15, -0.1) is 0 Å². The fourth-order valence-electron chi connectivity index (χ4n) is 4.32. The lowest BCUT2D eigenvalue weighted by atomic mass is 10.2. The van der Waals surface area contributed by atoms with E-state index in [1.807, 2.05) is 47.5 Å². The smallest absolute Gasteiger partial charge is 0.260 e. The van der Waals surface area contributed by atoms with Gasteiger partial charge in [0.25, 0.3) is 5.91 Å². The van der Waals surface area contributed by atoms with Crippen LogP contribution < -0.4 is 9.64 Å². The number of hydrogen-bond donors (Lipinski definition) is 0. The number of carbonyl (C=O) groups excluding carboxylic acids is 1. The number of piperazine rings is 1. The molecule has 0 bridgehead atoms. The molecule has 33 heavy (non-hydrogen) atoms. The average Bonchev–Trinajstić information content (AvgIpc) is 2.88. The number of para-hydroxylation sites is 2. The number of aromatic nitrogens is 1. The topological polar surface area (TPSA) is 48.9 Å². The minimum absolute atomic E-state index is 0.0589. The summed E-state index contributed by atoms with van der Waals surface area (Å²) in [5.41, 5.74) is 1.24. The van der Waals surface area contributed by atoms with Crippen LogP contribution in [-0.4, -0.2) is 66.6 Å². The van der Waals surface area contributed by atoms with Gasteiger partial charge in [0.1, 0.15) is 11.6 Å². The molecule has 170 valence electrons. The van der Waals surface area contributed by atoms with Gasteiger partial charge in [0.05, 0.1) is 10.6 Å². The molecule has 2 aromatic carbocycles. The number of ether oxygens (including phenoxy) is 1. The summed E-state index contributed by atoms with van der Waals surface area (Å²) in [6, 6.07) is 22.2. The van der Waals surface area contributed by atoms with Gasteiger partial charge in [-0.05, 0) is 49.4 Å². The molecule has 0 unspecified atom stereocenters. The van der Waals surface area contributed by atoms with Gasteiger partial charge in [-0.2, -0.15) is 0 Å². The monoisotopic (exact) mass is 460 g/mol. The van der Waals surface area contributed by atoms with Gasteiger partial charge in [0.2, 0.25) is 0 Å². The molecule has 2 aliphatic heterocycles. The van der Waals surface area contributed by atoms with E-state index in [-0.39, 0.29) is 12.5 Å². The van der Waals surface area contributed by atoms with Crippen LogP contribution in [0.5, 0.6) is 5.75 Å². The first-order valence-corrected chi connectivity index (χ1v) is 12.3. The fraction of sp³-hybridized carbons (Fsp3) is 0.308. The molecule has 1 amide bonds. The van der Waals surface area contributed by atoms with E-state index in [1.54, 1.807) is 11.8 Å². The predicted molar refractivity (Wildman–Crippen MR) is 131 cm³/mol. The Balaban J connectivity index is 1.10. The van der Waals surface area contributed by atoms with E-state index in [9.17, 15) is 4.79 Å². The van der Waals surface area contributed by atoms with Crippen molar-refractivity contribution in [2.45, 2.75) is 16.2 Å². The second-order valence-corrected chi connectivity index (χ2v) is 9.31. The van der Waals surface area contributed by atoms with Crippen LogP contribution in [0.2, 0.25) is 0 Å². The van der Waals surface area contributed by atoms with Gasteiger partial charge in [-0.1, -0.05) is 42.1 Å². The van der Waals surface area contributed by atoms with Crippen molar-refractivity contribution in [3.05, 3.63) is 72.9 Å². The third kappa shape index (κ3) is 5.15. The van der Waals surface area contributed by atoms with E-state index in [2.05, 4.69) is 45.1 Å². The number of benzene rings is 2. The Hall–Kier alpha value is -3.03. The highest BCUT2D eigenvalue weighted by molar-refractivity contribution is 7.99. The molecule has 3 aromatic rings. The van der Waals surface area contributed by atoms with E-state index in [0.717, 1.165) is 57.3 Å². The molecule has 0 radical (unpaired) electrons. The van der Waals surface area contributed by atoms with Gasteiger partial charge in [-0.3, -0.25) is 9.69 Å². The number of amides is 1. The molecule has 6 nitrogen and oxygen atoms in total. The van der Waals surface area contributed by atoms with Gasteiger partial charge in [0, 0.05) is 43.8 Å². The Morgan fingerprint density at radius 3 is 2.48 bits per heavy atom. The average molecular weight is 461 g/mol. The molecule has 5 rings (SSSR count). The summed E-state index contributed by atoms with van der Waals surface area (Å²) in [7, 11) is 0. The summed E-state index contributed by atoms with van der Waals surface area (Å²) >= 11 is 1.79. The largest absolute Gasteiger partial charge is 0.484 e. The molecule has 7 heteroatoms. The van der Waals surface area contributed by atoms with E-state index in [4.69, 9.17) is 4.74 Å². The SMILES string of the molecule is O=C(COc1ccccc1)N1CCN(CCCN2c3ccccc3Sc3cccnc32)CC1. The Morgan fingerprint density at radius 2 is 1.64 bits per heavy atom. The Kier molecular flexibility index (Phi) is 6.79. The van der Waals surface area contributed by atoms with Crippen molar-refractivity contribution in [1.82, 2.24) is 14.8 Å². The Bertz CT molecular complexity index is 1040. The normalized spacial score (nSPS) is 15.6. The van der Waals surface area contributed by atoms with Crippen molar-refractivity contribution in [2.75, 3.05) is 50.8 Å². The third-order valence-corrected chi connectivity index (χ3v) is 7.17. The highest BCUT2D eigenvalue weighted by Crippen LogP contribution is 2.46. The first-order valence-electron chi connectivity index (χ1n) is 11.5. The predicted octanol–water partition coefficient (Wildman–Crippen LogP) is 4.30. The molecule has 0 aliphatic carbocycles. The van der Waals surface area contributed by atoms with Gasteiger partial charge in [-0.25, -0.2) is 4.98 Å². The highest BCUT2D eigenvalue weighted by atomic mass is 32.2. The first kappa shape index (κ1) is 21.8. The maximum atomic E-state index is 12.5. The minimum Gasteiger partial charge on any atom is -0.484 e. The molecule has 0 atom stereocenters. The maximum absolute atomic E-state index is 12.5. The zero-order valence-corrected chi connectivity index (χ0v) is 19.4. The molecular formula is C26H28N4O2S. The van der Waals surface area contributed by atoms with Crippen LogP contribution >= 0.6 is 11.8 Å². The highest BCUT2D eigenvalue weighted by Gasteiger charge is 2.25. The van der Waals surface area contributed by atoms with Crippen LogP contribution in [0.1, 0.15) is 6.42 Å². The quantitative estimate of drug-likeness (QED) is 0.524.